The standard InChI is InChI=1S/C11H18N2S/c1-8(12-2)10-7-13-11(14-10)9-5-3-4-6-9/h7-9,12H,3-6H2,1-2H3. The lowest BCUT2D eigenvalue weighted by Crippen LogP contribution is -2.10. The van der Waals surface area contributed by atoms with Crippen molar-refractivity contribution < 1.29 is 0 Å². The molecule has 0 aromatic carbocycles. The van der Waals surface area contributed by atoms with Crippen molar-refractivity contribution in [2.75, 3.05) is 7.05 Å². The van der Waals surface area contributed by atoms with E-state index in [0.717, 1.165) is 5.92 Å². The van der Waals surface area contributed by atoms with Crippen LogP contribution in [0, 0.1) is 0 Å². The summed E-state index contributed by atoms with van der Waals surface area (Å²) in [7, 11) is 2.00. The third-order valence-electron chi connectivity index (χ3n) is 3.11. The van der Waals surface area contributed by atoms with Crippen molar-refractivity contribution >= 4 is 11.3 Å². The quantitative estimate of drug-likeness (QED) is 0.829. The lowest BCUT2D eigenvalue weighted by Gasteiger charge is -2.06. The number of hydrogen-bond donors (Lipinski definition) is 1. The molecule has 78 valence electrons. The molecule has 0 bridgehead atoms. The van der Waals surface area contributed by atoms with Gasteiger partial charge in [0.25, 0.3) is 0 Å². The molecule has 0 saturated heterocycles. The number of hydrogen-bond acceptors (Lipinski definition) is 3. The first kappa shape index (κ1) is 10.1. The van der Waals surface area contributed by atoms with Crippen LogP contribution >= 0.6 is 11.3 Å². The molecule has 1 aromatic rings. The summed E-state index contributed by atoms with van der Waals surface area (Å²) in [5.41, 5.74) is 0. The van der Waals surface area contributed by atoms with E-state index < -0.39 is 0 Å². The number of nitrogens with zero attached hydrogens (tertiary/aromatic N) is 1. The van der Waals surface area contributed by atoms with Gasteiger partial charge in [0.15, 0.2) is 0 Å². The maximum absolute atomic E-state index is 4.55. The molecule has 2 nitrogen and oxygen atoms in total. The first-order valence-electron chi connectivity index (χ1n) is 5.44. The highest BCUT2D eigenvalue weighted by atomic mass is 32.1. The van der Waals surface area contributed by atoms with Gasteiger partial charge in [-0.1, -0.05) is 12.8 Å². The Morgan fingerprint density at radius 1 is 1.50 bits per heavy atom. The van der Waals surface area contributed by atoms with Gasteiger partial charge in [0.05, 0.1) is 5.01 Å². The van der Waals surface area contributed by atoms with E-state index in [1.165, 1.54) is 35.6 Å². The molecule has 0 amide bonds. The van der Waals surface area contributed by atoms with Crippen molar-refractivity contribution in [3.05, 3.63) is 16.1 Å². The highest BCUT2D eigenvalue weighted by molar-refractivity contribution is 7.11. The molecule has 1 fully saturated rings. The van der Waals surface area contributed by atoms with Gasteiger partial charge in [-0.15, -0.1) is 11.3 Å². The normalized spacial score (nSPS) is 20.1. The third-order valence-corrected chi connectivity index (χ3v) is 4.45. The maximum atomic E-state index is 4.55. The topological polar surface area (TPSA) is 24.9 Å². The Bertz CT molecular complexity index is 289. The van der Waals surface area contributed by atoms with Gasteiger partial charge in [0, 0.05) is 23.0 Å². The second-order valence-electron chi connectivity index (χ2n) is 4.09. The summed E-state index contributed by atoms with van der Waals surface area (Å²) in [6.07, 6.45) is 7.52. The van der Waals surface area contributed by atoms with E-state index in [1.807, 2.05) is 24.6 Å². The summed E-state index contributed by atoms with van der Waals surface area (Å²) in [5.74, 6) is 0.762. The predicted octanol–water partition coefficient (Wildman–Crippen LogP) is 3.08. The van der Waals surface area contributed by atoms with E-state index in [-0.39, 0.29) is 0 Å². The largest absolute Gasteiger partial charge is 0.312 e. The Morgan fingerprint density at radius 2 is 2.21 bits per heavy atom. The van der Waals surface area contributed by atoms with Gasteiger partial charge in [-0.3, -0.25) is 0 Å². The summed E-state index contributed by atoms with van der Waals surface area (Å²) in [5, 5.41) is 4.62. The molecular weight excluding hydrogens is 192 g/mol. The van der Waals surface area contributed by atoms with E-state index >= 15 is 0 Å². The number of rotatable bonds is 3. The molecule has 3 heteroatoms. The van der Waals surface area contributed by atoms with Crippen molar-refractivity contribution in [1.29, 1.82) is 0 Å². The minimum absolute atomic E-state index is 0.447. The van der Waals surface area contributed by atoms with E-state index in [1.54, 1.807) is 0 Å². The van der Waals surface area contributed by atoms with Crippen molar-refractivity contribution in [1.82, 2.24) is 10.3 Å². The van der Waals surface area contributed by atoms with Crippen molar-refractivity contribution in [2.24, 2.45) is 0 Å². The molecule has 1 N–H and O–H groups in total. The average molecular weight is 210 g/mol. The van der Waals surface area contributed by atoms with Crippen LogP contribution in [-0.4, -0.2) is 12.0 Å². The van der Waals surface area contributed by atoms with E-state index in [2.05, 4.69) is 17.2 Å². The average Bonchev–Trinajstić information content (AvgIpc) is 2.86. The van der Waals surface area contributed by atoms with Crippen molar-refractivity contribution in [2.45, 2.75) is 44.6 Å². The van der Waals surface area contributed by atoms with Crippen LogP contribution in [0.3, 0.4) is 0 Å². The van der Waals surface area contributed by atoms with Crippen LogP contribution in [0.5, 0.6) is 0 Å². The highest BCUT2D eigenvalue weighted by Crippen LogP contribution is 2.36. The first-order valence-corrected chi connectivity index (χ1v) is 6.26. The summed E-state index contributed by atoms with van der Waals surface area (Å²) in [6.45, 7) is 2.19. The van der Waals surface area contributed by atoms with Crippen molar-refractivity contribution in [3.63, 3.8) is 0 Å². The summed E-state index contributed by atoms with van der Waals surface area (Å²) in [4.78, 5) is 5.92. The Kier molecular flexibility index (Phi) is 3.19. The van der Waals surface area contributed by atoms with Crippen molar-refractivity contribution in [3.8, 4) is 0 Å². The molecule has 1 saturated carbocycles. The Hall–Kier alpha value is -0.410. The zero-order valence-electron chi connectivity index (χ0n) is 8.92. The van der Waals surface area contributed by atoms with Gasteiger partial charge in [0.1, 0.15) is 0 Å². The molecule has 14 heavy (non-hydrogen) atoms. The number of aromatic nitrogens is 1. The SMILES string of the molecule is CNC(C)c1cnc(C2CCCC2)s1. The zero-order valence-corrected chi connectivity index (χ0v) is 9.73. The number of nitrogens with one attached hydrogen (secondary N) is 1. The highest BCUT2D eigenvalue weighted by Gasteiger charge is 2.20. The molecule has 2 rings (SSSR count). The van der Waals surface area contributed by atoms with E-state index in [4.69, 9.17) is 0 Å². The van der Waals surface area contributed by atoms with Gasteiger partial charge in [-0.25, -0.2) is 4.98 Å². The minimum atomic E-state index is 0.447. The molecule has 0 aliphatic heterocycles. The van der Waals surface area contributed by atoms with Gasteiger partial charge in [-0.2, -0.15) is 0 Å². The maximum Gasteiger partial charge on any atom is 0.0959 e. The van der Waals surface area contributed by atoms with Gasteiger partial charge < -0.3 is 5.32 Å². The molecule has 1 atom stereocenters. The van der Waals surface area contributed by atoms with Crippen LogP contribution < -0.4 is 5.32 Å². The molecule has 1 aromatic heterocycles. The Labute approximate surface area is 89.8 Å². The summed E-state index contributed by atoms with van der Waals surface area (Å²) >= 11 is 1.89. The molecule has 0 radical (unpaired) electrons. The minimum Gasteiger partial charge on any atom is -0.312 e. The van der Waals surface area contributed by atoms with E-state index in [9.17, 15) is 0 Å². The fourth-order valence-electron chi connectivity index (χ4n) is 2.00. The van der Waals surface area contributed by atoms with Crippen LogP contribution in [0.4, 0.5) is 0 Å². The fourth-order valence-corrected chi connectivity index (χ4v) is 3.15. The van der Waals surface area contributed by atoms with Gasteiger partial charge in [0.2, 0.25) is 0 Å². The third kappa shape index (κ3) is 1.98. The lowest BCUT2D eigenvalue weighted by molar-refractivity contribution is 0.662. The summed E-state index contributed by atoms with van der Waals surface area (Å²) in [6, 6.07) is 0.447. The summed E-state index contributed by atoms with van der Waals surface area (Å²) < 4.78 is 0. The van der Waals surface area contributed by atoms with Gasteiger partial charge >= 0.3 is 0 Å². The monoisotopic (exact) mass is 210 g/mol. The first-order chi connectivity index (χ1) is 6.81. The van der Waals surface area contributed by atoms with Crippen LogP contribution in [0.15, 0.2) is 6.20 Å². The van der Waals surface area contributed by atoms with Crippen LogP contribution in [0.1, 0.15) is 54.5 Å². The number of thiazole rings is 1. The second-order valence-corrected chi connectivity index (χ2v) is 5.19. The van der Waals surface area contributed by atoms with Crippen LogP contribution in [0.25, 0.3) is 0 Å². The predicted molar refractivity (Wildman–Crippen MR) is 60.8 cm³/mol. The molecule has 1 heterocycles. The fraction of sp³-hybridized carbons (Fsp3) is 0.727. The Balaban J connectivity index is 2.08. The molecule has 1 aliphatic carbocycles. The molecule has 1 unspecified atom stereocenters. The van der Waals surface area contributed by atoms with Crippen LogP contribution in [0.2, 0.25) is 0 Å². The Morgan fingerprint density at radius 3 is 2.86 bits per heavy atom. The van der Waals surface area contributed by atoms with E-state index in [0.29, 0.717) is 6.04 Å². The molecular formula is C11H18N2S. The molecule has 1 aliphatic rings. The second kappa shape index (κ2) is 4.41. The lowest BCUT2D eigenvalue weighted by atomic mass is 10.1. The molecule has 0 spiro atoms. The van der Waals surface area contributed by atoms with Crippen LogP contribution in [-0.2, 0) is 0 Å². The van der Waals surface area contributed by atoms with Gasteiger partial charge in [-0.05, 0) is 26.8 Å². The smallest absolute Gasteiger partial charge is 0.0959 e. The zero-order chi connectivity index (χ0) is 9.97.